The van der Waals surface area contributed by atoms with Gasteiger partial charge in [-0.1, -0.05) is 44.2 Å². The van der Waals surface area contributed by atoms with E-state index in [9.17, 15) is 4.79 Å². The van der Waals surface area contributed by atoms with E-state index in [0.717, 1.165) is 23.9 Å². The first-order chi connectivity index (χ1) is 13.6. The van der Waals surface area contributed by atoms with Gasteiger partial charge in [0, 0.05) is 24.6 Å². The number of likely N-dealkylation sites (tertiary alicyclic amines) is 1. The third-order valence-electron chi connectivity index (χ3n) is 5.20. The fourth-order valence-electron chi connectivity index (χ4n) is 3.52. The van der Waals surface area contributed by atoms with Crippen LogP contribution in [0.4, 0.5) is 0 Å². The maximum atomic E-state index is 12.9. The molecule has 1 saturated heterocycles. The Bertz CT molecular complexity index is 941. The zero-order valence-corrected chi connectivity index (χ0v) is 16.4. The fraction of sp³-hybridized carbons (Fsp3) is 0.391. The number of carbonyl (C=O) groups excluding carboxylic acids is 1. The molecule has 0 spiro atoms. The molecular weight excluding hydrogens is 352 g/mol. The molecule has 1 amide bonds. The molecule has 0 bridgehead atoms. The van der Waals surface area contributed by atoms with Crippen LogP contribution in [-0.4, -0.2) is 35.0 Å². The highest BCUT2D eigenvalue weighted by Gasteiger charge is 2.24. The first-order valence-corrected chi connectivity index (χ1v) is 9.95. The minimum atomic E-state index is 0.0532. The van der Waals surface area contributed by atoms with E-state index < -0.39 is 0 Å². The molecule has 146 valence electrons. The van der Waals surface area contributed by atoms with E-state index in [-0.39, 0.29) is 17.9 Å². The molecule has 0 atom stereocenters. The molecule has 4 rings (SSSR count). The van der Waals surface area contributed by atoms with Crippen LogP contribution in [0.25, 0.3) is 11.1 Å². The number of hydrogen-bond acceptors (Lipinski definition) is 4. The fourth-order valence-corrected chi connectivity index (χ4v) is 3.52. The number of piperidine rings is 1. The van der Waals surface area contributed by atoms with Gasteiger partial charge in [-0.2, -0.15) is 0 Å². The second kappa shape index (κ2) is 8.15. The highest BCUT2D eigenvalue weighted by molar-refractivity contribution is 5.97. The van der Waals surface area contributed by atoms with Gasteiger partial charge in [0.05, 0.1) is 12.7 Å². The Labute approximate surface area is 165 Å². The van der Waals surface area contributed by atoms with E-state index in [1.807, 2.05) is 55.1 Å². The number of carbonyl (C=O) groups is 1. The van der Waals surface area contributed by atoms with Gasteiger partial charge in [0.2, 0.25) is 0 Å². The van der Waals surface area contributed by atoms with Gasteiger partial charge in [-0.25, -0.2) is 4.98 Å². The van der Waals surface area contributed by atoms with Crippen LogP contribution in [0.1, 0.15) is 54.4 Å². The second-order valence-electron chi connectivity index (χ2n) is 7.68. The molecule has 1 aliphatic heterocycles. The van der Waals surface area contributed by atoms with E-state index in [0.29, 0.717) is 31.2 Å². The van der Waals surface area contributed by atoms with Crippen molar-refractivity contribution in [3.63, 3.8) is 0 Å². The van der Waals surface area contributed by atoms with Crippen molar-refractivity contribution in [2.24, 2.45) is 0 Å². The number of rotatable bonds is 5. The van der Waals surface area contributed by atoms with Crippen molar-refractivity contribution in [3.8, 4) is 0 Å². The van der Waals surface area contributed by atoms with Crippen molar-refractivity contribution in [1.82, 2.24) is 9.88 Å². The number of aromatic nitrogens is 1. The van der Waals surface area contributed by atoms with Crippen molar-refractivity contribution in [1.29, 1.82) is 0 Å². The summed E-state index contributed by atoms with van der Waals surface area (Å²) in [7, 11) is 0. The van der Waals surface area contributed by atoms with Gasteiger partial charge < -0.3 is 14.1 Å². The van der Waals surface area contributed by atoms with Crippen molar-refractivity contribution in [2.75, 3.05) is 13.1 Å². The lowest BCUT2D eigenvalue weighted by Gasteiger charge is -2.32. The smallest absolute Gasteiger partial charge is 0.253 e. The zero-order chi connectivity index (χ0) is 19.5. The largest absolute Gasteiger partial charge is 0.440 e. The second-order valence-corrected chi connectivity index (χ2v) is 7.68. The molecule has 1 aliphatic rings. The number of benzene rings is 2. The molecule has 5 nitrogen and oxygen atoms in total. The Balaban J connectivity index is 1.35. The van der Waals surface area contributed by atoms with Crippen molar-refractivity contribution >= 4 is 17.0 Å². The summed E-state index contributed by atoms with van der Waals surface area (Å²) in [5.41, 5.74) is 3.33. The molecule has 5 heteroatoms. The summed E-state index contributed by atoms with van der Waals surface area (Å²) in [6.07, 6.45) is 1.93. The first-order valence-electron chi connectivity index (χ1n) is 9.95. The number of fused-ring (bicyclic) bond motifs is 1. The van der Waals surface area contributed by atoms with Gasteiger partial charge in [0.1, 0.15) is 5.52 Å². The topological polar surface area (TPSA) is 55.6 Å². The quantitative estimate of drug-likeness (QED) is 0.641. The van der Waals surface area contributed by atoms with Crippen LogP contribution in [0.3, 0.4) is 0 Å². The van der Waals surface area contributed by atoms with Gasteiger partial charge in [-0.15, -0.1) is 0 Å². The Morgan fingerprint density at radius 2 is 1.93 bits per heavy atom. The Morgan fingerprint density at radius 1 is 1.18 bits per heavy atom. The Morgan fingerprint density at radius 3 is 2.64 bits per heavy atom. The Kier molecular flexibility index (Phi) is 5.44. The standard InChI is InChI=1S/C23H26N2O3/c1-16(2)22-24-20-14-18(8-9-21(20)28-22)23(26)25-12-10-19(11-13-25)27-15-17-6-4-3-5-7-17/h3-9,14,16,19H,10-13,15H2,1-2H3. The molecule has 0 unspecified atom stereocenters. The van der Waals surface area contributed by atoms with Crippen LogP contribution in [0.5, 0.6) is 0 Å². The molecule has 2 aromatic carbocycles. The molecule has 28 heavy (non-hydrogen) atoms. The summed E-state index contributed by atoms with van der Waals surface area (Å²) in [5.74, 6) is 0.981. The van der Waals surface area contributed by atoms with Gasteiger partial charge in [0.15, 0.2) is 11.5 Å². The van der Waals surface area contributed by atoms with Crippen LogP contribution in [0.15, 0.2) is 52.9 Å². The van der Waals surface area contributed by atoms with E-state index in [4.69, 9.17) is 9.15 Å². The average molecular weight is 378 g/mol. The van der Waals surface area contributed by atoms with E-state index >= 15 is 0 Å². The zero-order valence-electron chi connectivity index (χ0n) is 16.4. The number of nitrogens with zero attached hydrogens (tertiary/aromatic N) is 2. The summed E-state index contributed by atoms with van der Waals surface area (Å²) in [6.45, 7) is 6.14. The van der Waals surface area contributed by atoms with Crippen molar-refractivity contribution in [2.45, 2.75) is 45.3 Å². The maximum absolute atomic E-state index is 12.9. The third kappa shape index (κ3) is 4.09. The van der Waals surface area contributed by atoms with Crippen LogP contribution < -0.4 is 0 Å². The van der Waals surface area contributed by atoms with Gasteiger partial charge in [-0.05, 0) is 36.6 Å². The SMILES string of the molecule is CC(C)c1nc2cc(C(=O)N3CCC(OCc4ccccc4)CC3)ccc2o1. The van der Waals surface area contributed by atoms with Gasteiger partial charge in [-0.3, -0.25) is 4.79 Å². The molecule has 3 aromatic rings. The van der Waals surface area contributed by atoms with E-state index in [1.54, 1.807) is 0 Å². The maximum Gasteiger partial charge on any atom is 0.253 e. The Hall–Kier alpha value is -2.66. The molecule has 0 N–H and O–H groups in total. The van der Waals surface area contributed by atoms with Crippen molar-refractivity contribution in [3.05, 3.63) is 65.5 Å². The van der Waals surface area contributed by atoms with E-state index in [2.05, 4.69) is 17.1 Å². The first kappa shape index (κ1) is 18.7. The van der Waals surface area contributed by atoms with Crippen LogP contribution in [0.2, 0.25) is 0 Å². The summed E-state index contributed by atoms with van der Waals surface area (Å²) in [6, 6.07) is 15.7. The summed E-state index contributed by atoms with van der Waals surface area (Å²) in [4.78, 5) is 19.3. The average Bonchev–Trinajstić information content (AvgIpc) is 3.17. The van der Waals surface area contributed by atoms with Gasteiger partial charge >= 0.3 is 0 Å². The predicted octanol–water partition coefficient (Wildman–Crippen LogP) is 4.77. The molecule has 0 radical (unpaired) electrons. The summed E-state index contributed by atoms with van der Waals surface area (Å²) >= 11 is 0. The normalized spacial score (nSPS) is 15.5. The third-order valence-corrected chi connectivity index (χ3v) is 5.20. The predicted molar refractivity (Wildman–Crippen MR) is 108 cm³/mol. The van der Waals surface area contributed by atoms with Gasteiger partial charge in [0.25, 0.3) is 5.91 Å². The number of hydrogen-bond donors (Lipinski definition) is 0. The minimum absolute atomic E-state index is 0.0532. The monoisotopic (exact) mass is 378 g/mol. The number of oxazole rings is 1. The lowest BCUT2D eigenvalue weighted by atomic mass is 10.1. The molecule has 0 aliphatic carbocycles. The number of amides is 1. The van der Waals surface area contributed by atoms with Crippen molar-refractivity contribution < 1.29 is 13.9 Å². The van der Waals surface area contributed by atoms with Crippen LogP contribution in [-0.2, 0) is 11.3 Å². The molecule has 1 aromatic heterocycles. The molecule has 0 saturated carbocycles. The summed E-state index contributed by atoms with van der Waals surface area (Å²) < 4.78 is 11.8. The van der Waals surface area contributed by atoms with Crippen LogP contribution >= 0.6 is 0 Å². The lowest BCUT2D eigenvalue weighted by molar-refractivity contribution is -0.000376. The summed E-state index contributed by atoms with van der Waals surface area (Å²) in [5, 5.41) is 0. The molecule has 2 heterocycles. The van der Waals surface area contributed by atoms with E-state index in [1.165, 1.54) is 5.56 Å². The van der Waals surface area contributed by atoms with Crippen LogP contribution in [0, 0.1) is 0 Å². The molecule has 1 fully saturated rings. The molecular formula is C23H26N2O3. The highest BCUT2D eigenvalue weighted by Crippen LogP contribution is 2.24. The highest BCUT2D eigenvalue weighted by atomic mass is 16.5. The lowest BCUT2D eigenvalue weighted by Crippen LogP contribution is -2.40. The number of ether oxygens (including phenoxy) is 1. The minimum Gasteiger partial charge on any atom is -0.440 e.